The highest BCUT2D eigenvalue weighted by Crippen LogP contribution is 2.53. The van der Waals surface area contributed by atoms with Gasteiger partial charge in [0.1, 0.15) is 0 Å². The van der Waals surface area contributed by atoms with E-state index in [1.807, 2.05) is 0 Å². The van der Waals surface area contributed by atoms with Crippen molar-refractivity contribution in [3.8, 4) is 0 Å². The van der Waals surface area contributed by atoms with Crippen LogP contribution in [0, 0.1) is 11.7 Å². The molecule has 2 aromatic rings. The predicted octanol–water partition coefficient (Wildman–Crippen LogP) is 6.95. The van der Waals surface area contributed by atoms with E-state index in [1.54, 1.807) is 0 Å². The molecule has 1 aliphatic carbocycles. The maximum absolute atomic E-state index is 14.6. The fourth-order valence-electron chi connectivity index (χ4n) is 2.93. The first-order valence-electron chi connectivity index (χ1n) is 9.22. The first kappa shape index (κ1) is 24.3. The molecule has 0 aliphatic heterocycles. The lowest BCUT2D eigenvalue weighted by atomic mass is 9.94. The molecule has 0 spiro atoms. The minimum absolute atomic E-state index is 0.0801. The molecule has 1 amide bonds. The quantitative estimate of drug-likeness (QED) is 0.397. The molecule has 1 saturated carbocycles. The summed E-state index contributed by atoms with van der Waals surface area (Å²) in [5.41, 5.74) is -7.93. The van der Waals surface area contributed by atoms with Crippen LogP contribution in [0.15, 0.2) is 40.9 Å². The molecule has 1 aliphatic rings. The van der Waals surface area contributed by atoms with Gasteiger partial charge in [-0.2, -0.15) is 26.3 Å². The lowest BCUT2D eigenvalue weighted by Crippen LogP contribution is -2.50. The van der Waals surface area contributed by atoms with Crippen LogP contribution in [0.1, 0.15) is 28.8 Å². The van der Waals surface area contributed by atoms with Crippen molar-refractivity contribution in [3.63, 3.8) is 0 Å². The number of halogens is 9. The number of carbonyl (C=O) groups is 1. The van der Waals surface area contributed by atoms with Gasteiger partial charge >= 0.3 is 18.0 Å². The Morgan fingerprint density at radius 3 is 2.12 bits per heavy atom. The molecule has 3 rings (SSSR count). The highest BCUT2D eigenvalue weighted by atomic mass is 79.9. The van der Waals surface area contributed by atoms with Crippen molar-refractivity contribution in [3.05, 3.63) is 57.8 Å². The van der Waals surface area contributed by atoms with Gasteiger partial charge in [0.2, 0.25) is 0 Å². The summed E-state index contributed by atoms with van der Waals surface area (Å²) in [6.45, 7) is 0.526. The highest BCUT2D eigenvalue weighted by molar-refractivity contribution is 9.10. The van der Waals surface area contributed by atoms with Crippen LogP contribution in [0.25, 0.3) is 0 Å². The van der Waals surface area contributed by atoms with Crippen LogP contribution in [-0.4, -0.2) is 24.8 Å². The van der Waals surface area contributed by atoms with Gasteiger partial charge in [-0.25, -0.2) is 8.78 Å². The first-order chi connectivity index (χ1) is 14.8. The lowest BCUT2D eigenvalue weighted by molar-refractivity contribution is -0.348. The summed E-state index contributed by atoms with van der Waals surface area (Å²) in [5, 5.41) is 5.07. The van der Waals surface area contributed by atoms with Gasteiger partial charge in [-0.1, -0.05) is 12.1 Å². The molecule has 0 aromatic heterocycles. The van der Waals surface area contributed by atoms with Gasteiger partial charge in [0.15, 0.2) is 5.82 Å². The van der Waals surface area contributed by atoms with Crippen molar-refractivity contribution in [1.82, 2.24) is 0 Å². The number of carbonyl (C=O) groups excluding carboxylic acids is 1. The van der Waals surface area contributed by atoms with Crippen LogP contribution in [0.5, 0.6) is 0 Å². The Labute approximate surface area is 185 Å². The second-order valence-corrected chi connectivity index (χ2v) is 8.15. The summed E-state index contributed by atoms with van der Waals surface area (Å²) >= 11 is 2.73. The van der Waals surface area contributed by atoms with Gasteiger partial charge < -0.3 is 10.6 Å². The summed E-state index contributed by atoms with van der Waals surface area (Å²) in [7, 11) is 0. The van der Waals surface area contributed by atoms with Gasteiger partial charge in [-0.15, -0.1) is 0 Å². The van der Waals surface area contributed by atoms with Crippen molar-refractivity contribution in [1.29, 1.82) is 0 Å². The number of hydrogen-bond acceptors (Lipinski definition) is 2. The second-order valence-electron chi connectivity index (χ2n) is 7.29. The molecule has 0 heterocycles. The van der Waals surface area contributed by atoms with E-state index in [1.165, 1.54) is 12.1 Å². The molecule has 1 fully saturated rings. The number of nitrogens with one attached hydrogen (secondary N) is 2. The van der Waals surface area contributed by atoms with E-state index in [-0.39, 0.29) is 23.5 Å². The largest absolute Gasteiger partial charge is 0.435 e. The topological polar surface area (TPSA) is 41.1 Å². The normalized spacial score (nSPS) is 14.9. The van der Waals surface area contributed by atoms with Gasteiger partial charge in [0, 0.05) is 16.6 Å². The summed E-state index contributed by atoms with van der Waals surface area (Å²) < 4.78 is 106. The lowest BCUT2D eigenvalue weighted by Gasteiger charge is -2.30. The van der Waals surface area contributed by atoms with Gasteiger partial charge in [-0.3, -0.25) is 4.79 Å². The summed E-state index contributed by atoms with van der Waals surface area (Å²) in [6.07, 6.45) is -10.5. The third kappa shape index (κ3) is 4.69. The van der Waals surface area contributed by atoms with E-state index in [0.29, 0.717) is 18.5 Å². The number of hydrogen-bond donors (Lipinski definition) is 2. The fourth-order valence-corrected chi connectivity index (χ4v) is 3.41. The van der Waals surface area contributed by atoms with Crippen LogP contribution >= 0.6 is 15.9 Å². The molecule has 0 unspecified atom stereocenters. The standard InChI is InChI=1S/C20H15BrF8N2O/c21-13-8-11(18(23,19(24,25)26)20(27,28)29)6-7-14(13)31-17(32)12-2-1-3-15(16(12)22)30-9-10-4-5-10/h1-3,6-8,10,30H,4-5,9H2,(H,31,32). The zero-order chi connectivity index (χ0) is 23.9. The maximum atomic E-state index is 14.6. The molecule has 0 atom stereocenters. The smallest absolute Gasteiger partial charge is 0.382 e. The van der Waals surface area contributed by atoms with Crippen molar-refractivity contribution in [2.75, 3.05) is 17.2 Å². The second kappa shape index (κ2) is 8.53. The Kier molecular flexibility index (Phi) is 6.47. The highest BCUT2D eigenvalue weighted by Gasteiger charge is 2.73. The Hall–Kier alpha value is -2.37. The van der Waals surface area contributed by atoms with Crippen molar-refractivity contribution in [2.45, 2.75) is 30.9 Å². The van der Waals surface area contributed by atoms with Gasteiger partial charge in [0.25, 0.3) is 5.91 Å². The van der Waals surface area contributed by atoms with Crippen molar-refractivity contribution < 1.29 is 39.9 Å². The Morgan fingerprint density at radius 1 is 0.969 bits per heavy atom. The average molecular weight is 531 g/mol. The number of benzene rings is 2. The van der Waals surface area contributed by atoms with E-state index in [0.717, 1.165) is 18.9 Å². The molecule has 0 saturated heterocycles. The number of rotatable bonds is 6. The van der Waals surface area contributed by atoms with E-state index in [9.17, 15) is 39.9 Å². The minimum Gasteiger partial charge on any atom is -0.382 e. The summed E-state index contributed by atoms with van der Waals surface area (Å²) in [5.74, 6) is -1.43. The molecular formula is C20H15BrF8N2O. The van der Waals surface area contributed by atoms with E-state index in [2.05, 4.69) is 26.6 Å². The molecule has 12 heteroatoms. The van der Waals surface area contributed by atoms with Crippen molar-refractivity contribution >= 4 is 33.2 Å². The summed E-state index contributed by atoms with van der Waals surface area (Å²) in [6, 6.07) is 5.18. The van der Waals surface area contributed by atoms with Crippen LogP contribution in [-0.2, 0) is 5.67 Å². The maximum Gasteiger partial charge on any atom is 0.435 e. The van der Waals surface area contributed by atoms with Crippen molar-refractivity contribution in [2.24, 2.45) is 5.92 Å². The van der Waals surface area contributed by atoms with E-state index in [4.69, 9.17) is 0 Å². The number of amides is 1. The zero-order valence-electron chi connectivity index (χ0n) is 16.0. The number of anilines is 2. The molecule has 3 nitrogen and oxygen atoms in total. The SMILES string of the molecule is O=C(Nc1ccc(C(F)(C(F)(F)F)C(F)(F)F)cc1Br)c1cccc(NCC2CC2)c1F. The average Bonchev–Trinajstić information content (AvgIpc) is 3.50. The Morgan fingerprint density at radius 2 is 1.59 bits per heavy atom. The zero-order valence-corrected chi connectivity index (χ0v) is 17.6. The molecule has 174 valence electrons. The Bertz CT molecular complexity index is 1000. The minimum atomic E-state index is -6.27. The molecule has 2 aromatic carbocycles. The monoisotopic (exact) mass is 530 g/mol. The molecule has 32 heavy (non-hydrogen) atoms. The number of alkyl halides is 7. The van der Waals surface area contributed by atoms with Gasteiger partial charge in [-0.05, 0) is 59.0 Å². The summed E-state index contributed by atoms with van der Waals surface area (Å²) in [4.78, 5) is 12.5. The third-order valence-electron chi connectivity index (χ3n) is 4.92. The molecule has 2 N–H and O–H groups in total. The van der Waals surface area contributed by atoms with Crippen LogP contribution in [0.4, 0.5) is 46.5 Å². The van der Waals surface area contributed by atoms with E-state index >= 15 is 0 Å². The van der Waals surface area contributed by atoms with Crippen LogP contribution in [0.3, 0.4) is 0 Å². The third-order valence-corrected chi connectivity index (χ3v) is 5.57. The predicted molar refractivity (Wildman–Crippen MR) is 105 cm³/mol. The molecular weight excluding hydrogens is 516 g/mol. The van der Waals surface area contributed by atoms with Crippen LogP contribution < -0.4 is 10.6 Å². The van der Waals surface area contributed by atoms with E-state index < -0.39 is 45.3 Å². The van der Waals surface area contributed by atoms with Gasteiger partial charge in [0.05, 0.1) is 16.9 Å². The van der Waals surface area contributed by atoms with Crippen LogP contribution in [0.2, 0.25) is 0 Å². The molecule has 0 bridgehead atoms. The fraction of sp³-hybridized carbons (Fsp3) is 0.350. The molecule has 0 radical (unpaired) electrons. The first-order valence-corrected chi connectivity index (χ1v) is 10.0. The Balaban J connectivity index is 1.85.